The van der Waals surface area contributed by atoms with Crippen LogP contribution >= 0.6 is 11.6 Å². The monoisotopic (exact) mass is 191 g/mol. The van der Waals surface area contributed by atoms with Crippen molar-refractivity contribution in [1.29, 1.82) is 0 Å². The Balaban J connectivity index is 2.74. The van der Waals surface area contributed by atoms with E-state index in [0.29, 0.717) is 5.15 Å². The summed E-state index contributed by atoms with van der Waals surface area (Å²) in [5, 5.41) is 0.459. The number of rotatable bonds is 1. The molecule has 65 valence electrons. The minimum Gasteiger partial charge on any atom is -0.248 e. The van der Waals surface area contributed by atoms with Crippen LogP contribution in [-0.4, -0.2) is 9.97 Å². The quantitative estimate of drug-likeness (QED) is 0.693. The van der Waals surface area contributed by atoms with Gasteiger partial charge in [-0.05, 0) is 12.1 Å². The molecule has 0 saturated carbocycles. The fraction of sp³-hybridized carbons (Fsp3) is 0.100. The average molecular weight is 192 g/mol. The van der Waals surface area contributed by atoms with Gasteiger partial charge in [0.15, 0.2) is 5.15 Å². The van der Waals surface area contributed by atoms with Crippen molar-refractivity contribution < 1.29 is 0 Å². The SMILES string of the molecule is C[CH]c1nc2ccccc2nc1Cl. The molecule has 2 nitrogen and oxygen atoms in total. The van der Waals surface area contributed by atoms with Gasteiger partial charge in [0.2, 0.25) is 0 Å². The first-order valence-electron chi connectivity index (χ1n) is 4.03. The molecule has 0 N–H and O–H groups in total. The molecule has 1 heterocycles. The number of fused-ring (bicyclic) bond motifs is 1. The molecule has 2 rings (SSSR count). The fourth-order valence-electron chi connectivity index (χ4n) is 1.18. The van der Waals surface area contributed by atoms with Crippen molar-refractivity contribution in [2.45, 2.75) is 6.92 Å². The Morgan fingerprint density at radius 1 is 1.15 bits per heavy atom. The molecule has 1 aromatic heterocycles. The molecule has 0 bridgehead atoms. The van der Waals surface area contributed by atoms with Crippen molar-refractivity contribution in [3.8, 4) is 0 Å². The highest BCUT2D eigenvalue weighted by Crippen LogP contribution is 2.17. The predicted molar refractivity (Wildman–Crippen MR) is 53.6 cm³/mol. The van der Waals surface area contributed by atoms with Gasteiger partial charge in [-0.15, -0.1) is 0 Å². The third-order valence-electron chi connectivity index (χ3n) is 1.83. The van der Waals surface area contributed by atoms with Crippen molar-refractivity contribution >= 4 is 22.6 Å². The number of hydrogen-bond acceptors (Lipinski definition) is 2. The minimum atomic E-state index is 0.459. The van der Waals surface area contributed by atoms with Gasteiger partial charge < -0.3 is 0 Å². The summed E-state index contributed by atoms with van der Waals surface area (Å²) in [6, 6.07) is 7.67. The van der Waals surface area contributed by atoms with E-state index in [4.69, 9.17) is 11.6 Å². The molecular formula is C10H8ClN2. The molecule has 2 aromatic rings. The first kappa shape index (κ1) is 8.45. The van der Waals surface area contributed by atoms with E-state index in [1.165, 1.54) is 0 Å². The zero-order valence-corrected chi connectivity index (χ0v) is 7.92. The molecular weight excluding hydrogens is 184 g/mol. The lowest BCUT2D eigenvalue weighted by molar-refractivity contribution is 1.19. The van der Waals surface area contributed by atoms with E-state index in [0.717, 1.165) is 16.7 Å². The Bertz CT molecular complexity index is 440. The highest BCUT2D eigenvalue weighted by atomic mass is 35.5. The second-order valence-corrected chi connectivity index (χ2v) is 3.04. The van der Waals surface area contributed by atoms with Gasteiger partial charge in [0.25, 0.3) is 0 Å². The van der Waals surface area contributed by atoms with Crippen LogP contribution in [0.25, 0.3) is 11.0 Å². The highest BCUT2D eigenvalue weighted by Gasteiger charge is 2.03. The zero-order valence-electron chi connectivity index (χ0n) is 7.16. The standard InChI is InChI=1S/C10H8ClN2/c1-2-7-10(11)13-9-6-4-3-5-8(9)12-7/h2-6H,1H3. The van der Waals surface area contributed by atoms with Crippen LogP contribution < -0.4 is 0 Å². The topological polar surface area (TPSA) is 25.8 Å². The Labute approximate surface area is 81.6 Å². The summed E-state index contributed by atoms with van der Waals surface area (Å²) >= 11 is 5.90. The summed E-state index contributed by atoms with van der Waals surface area (Å²) in [7, 11) is 0. The largest absolute Gasteiger partial charge is 0.248 e. The van der Waals surface area contributed by atoms with E-state index in [9.17, 15) is 0 Å². The number of halogens is 1. The molecule has 13 heavy (non-hydrogen) atoms. The van der Waals surface area contributed by atoms with Crippen LogP contribution in [0.1, 0.15) is 12.6 Å². The van der Waals surface area contributed by atoms with Gasteiger partial charge in [-0.2, -0.15) is 0 Å². The Morgan fingerprint density at radius 3 is 2.38 bits per heavy atom. The molecule has 1 aromatic carbocycles. The molecule has 0 fully saturated rings. The van der Waals surface area contributed by atoms with Gasteiger partial charge in [0, 0.05) is 6.42 Å². The lowest BCUT2D eigenvalue weighted by atomic mass is 10.3. The van der Waals surface area contributed by atoms with E-state index < -0.39 is 0 Å². The van der Waals surface area contributed by atoms with Gasteiger partial charge in [-0.1, -0.05) is 30.7 Å². The van der Waals surface area contributed by atoms with E-state index in [1.807, 2.05) is 37.6 Å². The maximum atomic E-state index is 5.90. The Kier molecular flexibility index (Phi) is 2.15. The van der Waals surface area contributed by atoms with Gasteiger partial charge >= 0.3 is 0 Å². The van der Waals surface area contributed by atoms with Gasteiger partial charge in [-0.3, -0.25) is 0 Å². The van der Waals surface area contributed by atoms with Crippen LogP contribution in [0.2, 0.25) is 5.15 Å². The maximum absolute atomic E-state index is 5.90. The van der Waals surface area contributed by atoms with Crippen LogP contribution in [-0.2, 0) is 0 Å². The second-order valence-electron chi connectivity index (χ2n) is 2.68. The van der Waals surface area contributed by atoms with Crippen LogP contribution in [0.3, 0.4) is 0 Å². The summed E-state index contributed by atoms with van der Waals surface area (Å²) < 4.78 is 0. The molecule has 0 amide bonds. The first-order chi connectivity index (χ1) is 6.31. The van der Waals surface area contributed by atoms with Crippen molar-refractivity contribution in [2.75, 3.05) is 0 Å². The second kappa shape index (κ2) is 3.30. The normalized spacial score (nSPS) is 10.6. The summed E-state index contributed by atoms with van der Waals surface area (Å²) in [6.07, 6.45) is 1.85. The van der Waals surface area contributed by atoms with E-state index in [-0.39, 0.29) is 0 Å². The summed E-state index contributed by atoms with van der Waals surface area (Å²) in [4.78, 5) is 8.56. The summed E-state index contributed by atoms with van der Waals surface area (Å²) in [5.74, 6) is 0. The van der Waals surface area contributed by atoms with Crippen LogP contribution in [0.5, 0.6) is 0 Å². The van der Waals surface area contributed by atoms with Crippen LogP contribution in [0.4, 0.5) is 0 Å². The van der Waals surface area contributed by atoms with Gasteiger partial charge in [-0.25, -0.2) is 9.97 Å². The molecule has 0 unspecified atom stereocenters. The Hall–Kier alpha value is -1.15. The maximum Gasteiger partial charge on any atom is 0.151 e. The number of benzene rings is 1. The van der Waals surface area contributed by atoms with Crippen LogP contribution in [0.15, 0.2) is 24.3 Å². The molecule has 0 saturated heterocycles. The van der Waals surface area contributed by atoms with Gasteiger partial charge in [0.1, 0.15) is 0 Å². The summed E-state index contributed by atoms with van der Waals surface area (Å²) in [6.45, 7) is 1.89. The number of hydrogen-bond donors (Lipinski definition) is 0. The van der Waals surface area contributed by atoms with Crippen molar-refractivity contribution in [3.63, 3.8) is 0 Å². The van der Waals surface area contributed by atoms with E-state index in [2.05, 4.69) is 9.97 Å². The van der Waals surface area contributed by atoms with Gasteiger partial charge in [0.05, 0.1) is 16.7 Å². The van der Waals surface area contributed by atoms with E-state index in [1.54, 1.807) is 0 Å². The number of nitrogens with zero attached hydrogens (tertiary/aromatic N) is 2. The fourth-order valence-corrected chi connectivity index (χ4v) is 1.42. The molecule has 0 aliphatic carbocycles. The smallest absolute Gasteiger partial charge is 0.151 e. The van der Waals surface area contributed by atoms with Crippen LogP contribution in [0, 0.1) is 6.42 Å². The number of para-hydroxylation sites is 2. The molecule has 0 aliphatic heterocycles. The molecule has 0 spiro atoms. The third kappa shape index (κ3) is 1.49. The number of aromatic nitrogens is 2. The van der Waals surface area contributed by atoms with Crippen molar-refractivity contribution in [3.05, 3.63) is 41.5 Å². The predicted octanol–water partition coefficient (Wildman–Crippen LogP) is 2.86. The molecule has 3 heteroatoms. The molecule has 0 atom stereocenters. The molecule has 1 radical (unpaired) electrons. The summed E-state index contributed by atoms with van der Waals surface area (Å²) in [5.41, 5.74) is 2.44. The lowest BCUT2D eigenvalue weighted by Gasteiger charge is -2.01. The lowest BCUT2D eigenvalue weighted by Crippen LogP contribution is -1.91. The highest BCUT2D eigenvalue weighted by molar-refractivity contribution is 6.30. The molecule has 0 aliphatic rings. The minimum absolute atomic E-state index is 0.459. The zero-order chi connectivity index (χ0) is 9.26. The Morgan fingerprint density at radius 2 is 1.77 bits per heavy atom. The van der Waals surface area contributed by atoms with E-state index >= 15 is 0 Å². The first-order valence-corrected chi connectivity index (χ1v) is 4.40. The average Bonchev–Trinajstić information content (AvgIpc) is 2.17. The van der Waals surface area contributed by atoms with Crippen molar-refractivity contribution in [2.24, 2.45) is 0 Å². The van der Waals surface area contributed by atoms with Crippen molar-refractivity contribution in [1.82, 2.24) is 9.97 Å². The third-order valence-corrected chi connectivity index (χ3v) is 2.10.